The second-order valence-electron chi connectivity index (χ2n) is 4.20. The smallest absolute Gasteiger partial charge is 0.321 e. The molecule has 5 nitrogen and oxygen atoms in total. The number of hydrogen-bond acceptors (Lipinski definition) is 3. The largest absolute Gasteiger partial charge is 0.341 e. The highest BCUT2D eigenvalue weighted by Gasteiger charge is 2.25. The number of nitrogens with one attached hydrogen (secondary N) is 3. The van der Waals surface area contributed by atoms with Crippen LogP contribution in [0.2, 0.25) is 0 Å². The molecule has 0 aromatic rings. The van der Waals surface area contributed by atoms with Gasteiger partial charge in [-0.1, -0.05) is 13.8 Å². The lowest BCUT2D eigenvalue weighted by Crippen LogP contribution is -2.54. The molecule has 0 saturated carbocycles. The molecule has 1 atom stereocenters. The Morgan fingerprint density at radius 3 is 2.12 bits per heavy atom. The first-order valence-corrected chi connectivity index (χ1v) is 5.68. The fourth-order valence-electron chi connectivity index (χ4n) is 1.33. The van der Waals surface area contributed by atoms with Gasteiger partial charge in [-0.15, -0.1) is 0 Å². The van der Waals surface area contributed by atoms with Crippen molar-refractivity contribution in [2.45, 2.75) is 52.1 Å². The molecule has 3 amide bonds. The molecule has 0 aliphatic rings. The van der Waals surface area contributed by atoms with Crippen LogP contribution in [0.3, 0.4) is 0 Å². The molecule has 3 N–H and O–H groups in total. The second-order valence-corrected chi connectivity index (χ2v) is 4.20. The van der Waals surface area contributed by atoms with Crippen molar-refractivity contribution < 1.29 is 9.59 Å². The van der Waals surface area contributed by atoms with Gasteiger partial charge in [-0.3, -0.25) is 10.1 Å². The number of amides is 3. The first kappa shape index (κ1) is 14.9. The van der Waals surface area contributed by atoms with Crippen molar-refractivity contribution in [3.63, 3.8) is 0 Å². The highest BCUT2D eigenvalue weighted by molar-refractivity contribution is 5.96. The number of hydrogen-bond donors (Lipinski definition) is 3. The zero-order valence-corrected chi connectivity index (χ0v) is 10.8. The molecular weight excluding hydrogens is 206 g/mol. The van der Waals surface area contributed by atoms with Crippen LogP contribution < -0.4 is 16.0 Å². The molecule has 0 aliphatic heterocycles. The van der Waals surface area contributed by atoms with E-state index in [1.54, 1.807) is 6.92 Å². The lowest BCUT2D eigenvalue weighted by Gasteiger charge is -2.31. The summed E-state index contributed by atoms with van der Waals surface area (Å²) in [5.41, 5.74) is -0.0700. The zero-order valence-electron chi connectivity index (χ0n) is 10.8. The molecule has 1 unspecified atom stereocenters. The van der Waals surface area contributed by atoms with E-state index >= 15 is 0 Å². The number of urea groups is 1. The summed E-state index contributed by atoms with van der Waals surface area (Å²) in [6.07, 6.45) is 1.86. The van der Waals surface area contributed by atoms with E-state index in [2.05, 4.69) is 36.7 Å². The van der Waals surface area contributed by atoms with Gasteiger partial charge in [0.25, 0.3) is 0 Å². The maximum Gasteiger partial charge on any atom is 0.321 e. The van der Waals surface area contributed by atoms with Gasteiger partial charge in [-0.25, -0.2) is 4.79 Å². The Morgan fingerprint density at radius 1 is 1.25 bits per heavy atom. The lowest BCUT2D eigenvalue weighted by molar-refractivity contribution is -0.122. The number of carbonyl (C=O) groups excluding carboxylic acids is 2. The van der Waals surface area contributed by atoms with Gasteiger partial charge in [0.05, 0.1) is 6.04 Å². The molecule has 0 rings (SSSR count). The van der Waals surface area contributed by atoms with Gasteiger partial charge in [-0.2, -0.15) is 0 Å². The highest BCUT2D eigenvalue weighted by Crippen LogP contribution is 2.14. The maximum atomic E-state index is 11.6. The van der Waals surface area contributed by atoms with E-state index in [4.69, 9.17) is 0 Å². The van der Waals surface area contributed by atoms with E-state index in [0.717, 1.165) is 12.8 Å². The van der Waals surface area contributed by atoms with Crippen LogP contribution in [-0.4, -0.2) is 30.6 Å². The molecular formula is C11H23N3O2. The third-order valence-corrected chi connectivity index (χ3v) is 2.98. The first-order chi connectivity index (χ1) is 7.38. The van der Waals surface area contributed by atoms with E-state index in [1.807, 2.05) is 0 Å². The summed E-state index contributed by atoms with van der Waals surface area (Å²) < 4.78 is 0. The average Bonchev–Trinajstić information content (AvgIpc) is 2.28. The molecule has 0 fully saturated rings. The van der Waals surface area contributed by atoms with E-state index in [0.29, 0.717) is 0 Å². The van der Waals surface area contributed by atoms with E-state index in [1.165, 1.54) is 7.05 Å². The van der Waals surface area contributed by atoms with Gasteiger partial charge in [0.15, 0.2) is 0 Å². The minimum absolute atomic E-state index is 0.0700. The summed E-state index contributed by atoms with van der Waals surface area (Å²) in [6, 6.07) is -0.865. The zero-order chi connectivity index (χ0) is 12.8. The summed E-state index contributed by atoms with van der Waals surface area (Å²) in [5.74, 6) is -0.313. The molecule has 16 heavy (non-hydrogen) atoms. The Labute approximate surface area is 97.4 Å². The van der Waals surface area contributed by atoms with Crippen molar-refractivity contribution in [3.8, 4) is 0 Å². The van der Waals surface area contributed by atoms with Crippen LogP contribution in [-0.2, 0) is 4.79 Å². The van der Waals surface area contributed by atoms with Gasteiger partial charge in [0.1, 0.15) is 0 Å². The van der Waals surface area contributed by atoms with Gasteiger partial charge < -0.3 is 10.6 Å². The summed E-state index contributed by atoms with van der Waals surface area (Å²) in [4.78, 5) is 22.5. The Bertz CT molecular complexity index is 250. The number of imide groups is 1. The van der Waals surface area contributed by atoms with E-state index in [9.17, 15) is 9.59 Å². The Hall–Kier alpha value is -1.10. The molecule has 0 heterocycles. The number of rotatable bonds is 5. The molecule has 0 saturated heterocycles. The van der Waals surface area contributed by atoms with Crippen LogP contribution in [0.1, 0.15) is 40.5 Å². The summed E-state index contributed by atoms with van der Waals surface area (Å²) >= 11 is 0. The average molecular weight is 229 g/mol. The van der Waals surface area contributed by atoms with Crippen LogP contribution in [0.4, 0.5) is 4.79 Å². The lowest BCUT2D eigenvalue weighted by atomic mass is 9.94. The molecule has 0 aliphatic carbocycles. The Balaban J connectivity index is 4.29. The fourth-order valence-corrected chi connectivity index (χ4v) is 1.33. The van der Waals surface area contributed by atoms with E-state index < -0.39 is 6.03 Å². The Morgan fingerprint density at radius 2 is 1.75 bits per heavy atom. The third kappa shape index (κ3) is 4.61. The van der Waals surface area contributed by atoms with Crippen molar-refractivity contribution in [1.29, 1.82) is 0 Å². The minimum Gasteiger partial charge on any atom is -0.341 e. The van der Waals surface area contributed by atoms with Crippen LogP contribution in [0.15, 0.2) is 0 Å². The summed E-state index contributed by atoms with van der Waals surface area (Å²) in [5, 5.41) is 7.82. The molecule has 0 radical (unpaired) electrons. The van der Waals surface area contributed by atoms with Crippen LogP contribution in [0.25, 0.3) is 0 Å². The molecule has 0 aromatic heterocycles. The van der Waals surface area contributed by atoms with Crippen LogP contribution in [0, 0.1) is 0 Å². The summed E-state index contributed by atoms with van der Waals surface area (Å²) in [7, 11) is 1.48. The van der Waals surface area contributed by atoms with Crippen molar-refractivity contribution >= 4 is 11.9 Å². The van der Waals surface area contributed by atoms with Crippen molar-refractivity contribution in [3.05, 3.63) is 0 Å². The van der Waals surface area contributed by atoms with Crippen molar-refractivity contribution in [2.24, 2.45) is 0 Å². The van der Waals surface area contributed by atoms with Gasteiger partial charge in [0.2, 0.25) is 5.91 Å². The van der Waals surface area contributed by atoms with Crippen molar-refractivity contribution in [1.82, 2.24) is 16.0 Å². The first-order valence-electron chi connectivity index (χ1n) is 5.68. The quantitative estimate of drug-likeness (QED) is 0.658. The number of carbonyl (C=O) groups is 2. The molecule has 94 valence electrons. The maximum absolute atomic E-state index is 11.6. The fraction of sp³-hybridized carbons (Fsp3) is 0.818. The SMILES string of the molecule is CCC(C)(CC)NC(C)C(=O)NC(=O)NC. The van der Waals surface area contributed by atoms with Gasteiger partial charge in [0, 0.05) is 12.6 Å². The minimum atomic E-state index is -0.478. The topological polar surface area (TPSA) is 70.2 Å². The molecule has 0 bridgehead atoms. The monoisotopic (exact) mass is 229 g/mol. The molecule has 0 aromatic carbocycles. The van der Waals surface area contributed by atoms with Crippen molar-refractivity contribution in [2.75, 3.05) is 7.05 Å². The van der Waals surface area contributed by atoms with Crippen LogP contribution in [0.5, 0.6) is 0 Å². The molecule has 0 spiro atoms. The summed E-state index contributed by atoms with van der Waals surface area (Å²) in [6.45, 7) is 7.96. The van der Waals surface area contributed by atoms with Gasteiger partial charge in [-0.05, 0) is 26.7 Å². The molecule has 5 heteroatoms. The third-order valence-electron chi connectivity index (χ3n) is 2.98. The van der Waals surface area contributed by atoms with E-state index in [-0.39, 0.29) is 17.5 Å². The van der Waals surface area contributed by atoms with Gasteiger partial charge >= 0.3 is 6.03 Å². The normalized spacial score (nSPS) is 13.1. The second kappa shape index (κ2) is 6.48. The Kier molecular flexibility index (Phi) is 6.03. The van der Waals surface area contributed by atoms with Crippen LogP contribution >= 0.6 is 0 Å². The highest BCUT2D eigenvalue weighted by atomic mass is 16.2. The predicted octanol–water partition coefficient (Wildman–Crippen LogP) is 0.999. The standard InChI is InChI=1S/C11H23N3O2/c1-6-11(4,7-2)14-8(3)9(15)13-10(16)12-5/h8,14H,6-7H2,1-5H3,(H2,12,13,15,16). The predicted molar refractivity (Wildman–Crippen MR) is 64.2 cm³/mol.